The molecule has 9 nitrogen and oxygen atoms in total. The second-order valence-corrected chi connectivity index (χ2v) is 9.01. The quantitative estimate of drug-likeness (QED) is 0.401. The second kappa shape index (κ2) is 8.40. The van der Waals surface area contributed by atoms with Crippen LogP contribution in [0, 0.1) is 0 Å². The predicted octanol–water partition coefficient (Wildman–Crippen LogP) is 4.26. The van der Waals surface area contributed by atoms with Gasteiger partial charge < -0.3 is 20.7 Å². The molecule has 0 bridgehead atoms. The monoisotopic (exact) mass is 472 g/mol. The van der Waals surface area contributed by atoms with E-state index in [2.05, 4.69) is 25.9 Å². The van der Waals surface area contributed by atoms with Crippen LogP contribution in [-0.2, 0) is 0 Å². The molecular weight excluding hydrogens is 452 g/mol. The van der Waals surface area contributed by atoms with Gasteiger partial charge in [0.15, 0.2) is 0 Å². The summed E-state index contributed by atoms with van der Waals surface area (Å²) in [6.07, 6.45) is 4.11. The van der Waals surface area contributed by atoms with Crippen molar-refractivity contribution in [3.05, 3.63) is 65.8 Å². The first-order chi connectivity index (χ1) is 16.7. The van der Waals surface area contributed by atoms with Crippen molar-refractivity contribution in [2.75, 3.05) is 23.3 Å². The van der Waals surface area contributed by atoms with Crippen molar-refractivity contribution in [1.29, 1.82) is 0 Å². The molecule has 0 spiro atoms. The van der Waals surface area contributed by atoms with Crippen LogP contribution in [0.25, 0.3) is 10.2 Å². The first-order valence-electron chi connectivity index (χ1n) is 10.9. The maximum absolute atomic E-state index is 13.2. The summed E-state index contributed by atoms with van der Waals surface area (Å²) in [5.74, 6) is 0.899. The van der Waals surface area contributed by atoms with Gasteiger partial charge in [-0.25, -0.2) is 14.8 Å². The number of hydrogen-bond donors (Lipinski definition) is 3. The van der Waals surface area contributed by atoms with Crippen LogP contribution in [-0.4, -0.2) is 41.0 Å². The van der Waals surface area contributed by atoms with Crippen LogP contribution < -0.4 is 25.6 Å². The molecule has 170 valence electrons. The highest BCUT2D eigenvalue weighted by Gasteiger charge is 2.33. The lowest BCUT2D eigenvalue weighted by molar-refractivity contribution is 0.0945. The Labute approximate surface area is 198 Å². The number of anilines is 3. The topological polar surface area (TPSA) is 108 Å². The van der Waals surface area contributed by atoms with Crippen LogP contribution >= 0.6 is 11.3 Å². The molecule has 0 aliphatic carbocycles. The maximum Gasteiger partial charge on any atom is 0.331 e. The first kappa shape index (κ1) is 20.6. The van der Waals surface area contributed by atoms with Crippen molar-refractivity contribution in [2.24, 2.45) is 0 Å². The third-order valence-electron chi connectivity index (χ3n) is 5.79. The molecule has 0 radical (unpaired) electrons. The van der Waals surface area contributed by atoms with E-state index in [4.69, 9.17) is 4.74 Å². The zero-order valence-electron chi connectivity index (χ0n) is 17.9. The van der Waals surface area contributed by atoms with Crippen LogP contribution in [0.3, 0.4) is 0 Å². The van der Waals surface area contributed by atoms with E-state index in [-0.39, 0.29) is 18.0 Å². The van der Waals surface area contributed by atoms with Crippen molar-refractivity contribution in [3.8, 4) is 11.6 Å². The molecule has 3 N–H and O–H groups in total. The van der Waals surface area contributed by atoms with Gasteiger partial charge in [-0.1, -0.05) is 18.2 Å². The molecular formula is C24H20N6O3S. The van der Waals surface area contributed by atoms with Gasteiger partial charge in [-0.15, -0.1) is 11.3 Å². The third-order valence-corrected chi connectivity index (χ3v) is 6.89. The third kappa shape index (κ3) is 3.62. The lowest BCUT2D eigenvalue weighted by atomic mass is 10.1. The summed E-state index contributed by atoms with van der Waals surface area (Å²) in [6.45, 7) is 1.62. The molecule has 3 amide bonds. The van der Waals surface area contributed by atoms with E-state index in [1.54, 1.807) is 30.6 Å². The van der Waals surface area contributed by atoms with Crippen molar-refractivity contribution in [3.63, 3.8) is 0 Å². The van der Waals surface area contributed by atoms with Gasteiger partial charge in [-0.3, -0.25) is 9.69 Å². The molecule has 1 aromatic carbocycles. The number of benzene rings is 1. The number of carbonyl (C=O) groups excluding carboxylic acids is 2. The molecule has 1 fully saturated rings. The van der Waals surface area contributed by atoms with Crippen LogP contribution in [0.2, 0.25) is 0 Å². The molecule has 5 heterocycles. The van der Waals surface area contributed by atoms with Crippen molar-refractivity contribution in [1.82, 2.24) is 20.6 Å². The van der Waals surface area contributed by atoms with Crippen molar-refractivity contribution < 1.29 is 14.3 Å². The normalized spacial score (nSPS) is 17.0. The predicted molar refractivity (Wildman–Crippen MR) is 130 cm³/mol. The number of hydrogen-bond acceptors (Lipinski definition) is 7. The van der Waals surface area contributed by atoms with Crippen LogP contribution in [0.1, 0.15) is 16.1 Å². The Morgan fingerprint density at radius 3 is 2.79 bits per heavy atom. The highest BCUT2D eigenvalue weighted by molar-refractivity contribution is 7.21. The molecule has 0 unspecified atom stereocenters. The number of nitrogens with one attached hydrogen (secondary N) is 3. The fourth-order valence-corrected chi connectivity index (χ4v) is 5.23. The standard InChI is InChI=1S/C24H20N6O3S/c31-22(28-14-8-10-25-12-14)21-20-19-17(9-11-26-23(19)34-21)30(24(32)29-20)15-6-7-18(27-13-15)33-16-4-2-1-3-5-16/h1-7,9,11,13-14,25H,8,10,12H2,(H,28,31)(H,29,32)/t14-/m1/s1. The Bertz CT molecular complexity index is 1380. The minimum Gasteiger partial charge on any atom is -0.439 e. The number of para-hydroxylation sites is 1. The molecule has 3 aromatic heterocycles. The summed E-state index contributed by atoms with van der Waals surface area (Å²) in [4.78, 5) is 37.7. The Morgan fingerprint density at radius 2 is 2.03 bits per heavy atom. The molecule has 34 heavy (non-hydrogen) atoms. The largest absolute Gasteiger partial charge is 0.439 e. The Hall–Kier alpha value is -4.02. The fraction of sp³-hybridized carbons (Fsp3) is 0.167. The highest BCUT2D eigenvalue weighted by Crippen LogP contribution is 2.45. The van der Waals surface area contributed by atoms with Gasteiger partial charge in [0, 0.05) is 24.8 Å². The second-order valence-electron chi connectivity index (χ2n) is 8.01. The lowest BCUT2D eigenvalue weighted by Crippen LogP contribution is -2.37. The summed E-state index contributed by atoms with van der Waals surface area (Å²) in [5, 5.41) is 9.93. The number of rotatable bonds is 5. The molecule has 6 rings (SSSR count). The van der Waals surface area contributed by atoms with Gasteiger partial charge in [0.05, 0.1) is 28.6 Å². The van der Waals surface area contributed by atoms with E-state index < -0.39 is 0 Å². The molecule has 0 saturated carbocycles. The van der Waals surface area contributed by atoms with E-state index >= 15 is 0 Å². The average Bonchev–Trinajstić information content (AvgIpc) is 3.49. The minimum absolute atomic E-state index is 0.0795. The summed E-state index contributed by atoms with van der Waals surface area (Å²) in [5.41, 5.74) is 1.73. The molecule has 1 saturated heterocycles. The fourth-order valence-electron chi connectivity index (χ4n) is 4.20. The number of thiophene rings is 1. The minimum atomic E-state index is -0.367. The number of amides is 3. The van der Waals surface area contributed by atoms with E-state index in [1.165, 1.54) is 16.2 Å². The van der Waals surface area contributed by atoms with E-state index in [1.807, 2.05) is 30.3 Å². The number of carbonyl (C=O) groups is 2. The van der Waals surface area contributed by atoms with Gasteiger partial charge >= 0.3 is 6.03 Å². The van der Waals surface area contributed by atoms with Crippen LogP contribution in [0.4, 0.5) is 21.9 Å². The number of nitrogens with zero attached hydrogens (tertiary/aromatic N) is 3. The summed E-state index contributed by atoms with van der Waals surface area (Å²) in [7, 11) is 0. The number of urea groups is 1. The van der Waals surface area contributed by atoms with E-state index in [0.717, 1.165) is 24.9 Å². The summed E-state index contributed by atoms with van der Waals surface area (Å²) < 4.78 is 5.76. The van der Waals surface area contributed by atoms with Gasteiger partial charge in [0.2, 0.25) is 5.88 Å². The highest BCUT2D eigenvalue weighted by atomic mass is 32.1. The molecule has 2 aliphatic rings. The van der Waals surface area contributed by atoms with Gasteiger partial charge in [-0.05, 0) is 37.2 Å². The van der Waals surface area contributed by atoms with Crippen LogP contribution in [0.5, 0.6) is 11.6 Å². The smallest absolute Gasteiger partial charge is 0.331 e. The molecule has 1 atom stereocenters. The maximum atomic E-state index is 13.2. The zero-order chi connectivity index (χ0) is 23.1. The molecule has 2 aliphatic heterocycles. The average molecular weight is 473 g/mol. The summed E-state index contributed by atoms with van der Waals surface area (Å²) >= 11 is 1.28. The summed E-state index contributed by atoms with van der Waals surface area (Å²) in [6, 6.07) is 14.3. The molecule has 10 heteroatoms. The van der Waals surface area contributed by atoms with Gasteiger partial charge in [0.1, 0.15) is 15.5 Å². The number of pyridine rings is 2. The molecule has 4 aromatic rings. The Kier molecular flexibility index (Phi) is 5.08. The van der Waals surface area contributed by atoms with Gasteiger partial charge in [-0.2, -0.15) is 0 Å². The van der Waals surface area contributed by atoms with Crippen molar-refractivity contribution in [2.45, 2.75) is 12.5 Å². The lowest BCUT2D eigenvalue weighted by Gasteiger charge is -2.28. The van der Waals surface area contributed by atoms with Crippen LogP contribution in [0.15, 0.2) is 60.9 Å². The Morgan fingerprint density at radius 1 is 1.15 bits per heavy atom. The van der Waals surface area contributed by atoms with Gasteiger partial charge in [0.25, 0.3) is 5.91 Å². The Balaban J connectivity index is 1.33. The van der Waals surface area contributed by atoms with Crippen molar-refractivity contribution >= 4 is 50.6 Å². The zero-order valence-corrected chi connectivity index (χ0v) is 18.8. The van der Waals surface area contributed by atoms with E-state index in [9.17, 15) is 9.59 Å². The SMILES string of the molecule is O=C(N[C@@H]1CCNC1)c1sc2nccc3c2c1NC(=O)N3c1ccc(Oc2ccccc2)nc1. The van der Waals surface area contributed by atoms with E-state index in [0.29, 0.717) is 38.4 Å². The number of ether oxygens (including phenoxy) is 1. The first-order valence-corrected chi connectivity index (χ1v) is 11.7. The number of aromatic nitrogens is 2.